The van der Waals surface area contributed by atoms with Gasteiger partial charge in [-0.05, 0) is 31.2 Å². The number of aromatic nitrogens is 1. The number of carbonyl (C=O) groups is 2. The number of pyridine rings is 1. The average Bonchev–Trinajstić information content (AvgIpc) is 2.38. The van der Waals surface area contributed by atoms with Crippen LogP contribution in [0.25, 0.3) is 0 Å². The zero-order valence-corrected chi connectivity index (χ0v) is 11.5. The molecule has 0 unspecified atom stereocenters. The predicted octanol–water partition coefficient (Wildman–Crippen LogP) is 1.80. The van der Waals surface area contributed by atoms with Crippen LogP contribution in [0.15, 0.2) is 18.3 Å². The lowest BCUT2D eigenvalue weighted by molar-refractivity contribution is 0.0690. The molecule has 5 nitrogen and oxygen atoms in total. The highest BCUT2D eigenvalue weighted by Gasteiger charge is 2.36. The maximum Gasteiger partial charge on any atom is 0.354 e. The van der Waals surface area contributed by atoms with Gasteiger partial charge in [0.1, 0.15) is 5.69 Å². The molecule has 0 aliphatic heterocycles. The molecule has 2 rings (SSSR count). The van der Waals surface area contributed by atoms with Crippen molar-refractivity contribution in [3.05, 3.63) is 29.6 Å². The predicted molar refractivity (Wildman–Crippen MR) is 73.6 cm³/mol. The van der Waals surface area contributed by atoms with Gasteiger partial charge in [0.2, 0.25) is 0 Å². The van der Waals surface area contributed by atoms with Crippen molar-refractivity contribution in [3.63, 3.8) is 0 Å². The Morgan fingerprint density at radius 2 is 2.26 bits per heavy atom. The summed E-state index contributed by atoms with van der Waals surface area (Å²) in [5, 5.41) is 11.7. The Bertz CT molecular complexity index is 495. The Kier molecular flexibility index (Phi) is 4.09. The number of hydrogen-bond acceptors (Lipinski definition) is 4. The molecular formula is C13H16N2O3S. The first-order valence-electron chi connectivity index (χ1n) is 6.09. The normalized spacial score (nSPS) is 16.5. The summed E-state index contributed by atoms with van der Waals surface area (Å²) >= 11 is 1.78. The molecule has 0 atom stereocenters. The van der Waals surface area contributed by atoms with E-state index in [4.69, 9.17) is 5.11 Å². The summed E-state index contributed by atoms with van der Waals surface area (Å²) in [4.78, 5) is 26.5. The average molecular weight is 280 g/mol. The first kappa shape index (κ1) is 13.9. The van der Waals surface area contributed by atoms with E-state index in [2.05, 4.69) is 16.6 Å². The van der Waals surface area contributed by atoms with Crippen LogP contribution in [0.4, 0.5) is 0 Å². The van der Waals surface area contributed by atoms with Gasteiger partial charge in [0.05, 0.1) is 0 Å². The van der Waals surface area contributed by atoms with E-state index in [9.17, 15) is 9.59 Å². The van der Waals surface area contributed by atoms with E-state index in [0.717, 1.165) is 12.8 Å². The molecule has 2 N–H and O–H groups in total. The monoisotopic (exact) mass is 280 g/mol. The fourth-order valence-corrected chi connectivity index (χ4v) is 2.97. The molecule has 1 aromatic heterocycles. The van der Waals surface area contributed by atoms with Crippen LogP contribution in [0.2, 0.25) is 0 Å². The molecule has 6 heteroatoms. The lowest BCUT2D eigenvalue weighted by atomic mass is 9.84. The second-order valence-electron chi connectivity index (χ2n) is 4.66. The van der Waals surface area contributed by atoms with Crippen molar-refractivity contribution in [2.75, 3.05) is 12.8 Å². The Hall–Kier alpha value is -1.56. The molecule has 19 heavy (non-hydrogen) atoms. The molecule has 0 bridgehead atoms. The van der Waals surface area contributed by atoms with E-state index in [0.29, 0.717) is 12.1 Å². The Morgan fingerprint density at radius 1 is 1.53 bits per heavy atom. The van der Waals surface area contributed by atoms with Gasteiger partial charge < -0.3 is 10.4 Å². The van der Waals surface area contributed by atoms with Crippen molar-refractivity contribution in [2.24, 2.45) is 0 Å². The zero-order valence-electron chi connectivity index (χ0n) is 10.7. The molecule has 102 valence electrons. The summed E-state index contributed by atoms with van der Waals surface area (Å²) in [6.45, 7) is 0.623. The fourth-order valence-electron chi connectivity index (χ4n) is 2.06. The van der Waals surface area contributed by atoms with Gasteiger partial charge in [-0.1, -0.05) is 6.42 Å². The van der Waals surface area contributed by atoms with E-state index in [-0.39, 0.29) is 16.3 Å². The number of carbonyl (C=O) groups excluding carboxylic acids is 1. The number of carboxylic acid groups (broad SMARTS) is 1. The highest BCUT2D eigenvalue weighted by molar-refractivity contribution is 8.00. The van der Waals surface area contributed by atoms with Crippen LogP contribution < -0.4 is 5.32 Å². The Balaban J connectivity index is 2.00. The molecule has 1 heterocycles. The number of nitrogens with zero attached hydrogens (tertiary/aromatic N) is 1. The lowest BCUT2D eigenvalue weighted by Crippen LogP contribution is -2.45. The zero-order chi connectivity index (χ0) is 13.9. The van der Waals surface area contributed by atoms with Gasteiger partial charge in [0.15, 0.2) is 0 Å². The molecular weight excluding hydrogens is 264 g/mol. The minimum absolute atomic E-state index is 0.115. The molecule has 1 fully saturated rings. The van der Waals surface area contributed by atoms with Gasteiger partial charge in [0.25, 0.3) is 5.91 Å². The van der Waals surface area contributed by atoms with Crippen LogP contribution in [-0.4, -0.2) is 39.5 Å². The van der Waals surface area contributed by atoms with Crippen LogP contribution in [0.5, 0.6) is 0 Å². The third kappa shape index (κ3) is 3.07. The van der Waals surface area contributed by atoms with Crippen molar-refractivity contribution in [3.8, 4) is 0 Å². The van der Waals surface area contributed by atoms with Crippen LogP contribution >= 0.6 is 11.8 Å². The molecule has 0 radical (unpaired) electrons. The van der Waals surface area contributed by atoms with E-state index in [1.807, 2.05) is 0 Å². The van der Waals surface area contributed by atoms with Crippen molar-refractivity contribution in [2.45, 2.75) is 24.0 Å². The van der Waals surface area contributed by atoms with Crippen molar-refractivity contribution in [1.82, 2.24) is 10.3 Å². The summed E-state index contributed by atoms with van der Waals surface area (Å²) in [5.41, 5.74) is 0.221. The Labute approximate surface area is 115 Å². The van der Waals surface area contributed by atoms with E-state index < -0.39 is 5.97 Å². The topological polar surface area (TPSA) is 79.3 Å². The number of amides is 1. The number of aromatic carboxylic acids is 1. The van der Waals surface area contributed by atoms with Gasteiger partial charge in [-0.25, -0.2) is 9.78 Å². The number of thioether (sulfide) groups is 1. The van der Waals surface area contributed by atoms with E-state index >= 15 is 0 Å². The maximum absolute atomic E-state index is 12.0. The van der Waals surface area contributed by atoms with E-state index in [1.54, 1.807) is 11.8 Å². The fraction of sp³-hybridized carbons (Fsp3) is 0.462. The van der Waals surface area contributed by atoms with Gasteiger partial charge in [-0.3, -0.25) is 4.79 Å². The quantitative estimate of drug-likeness (QED) is 0.859. The second-order valence-corrected chi connectivity index (χ2v) is 5.93. The Morgan fingerprint density at radius 3 is 2.79 bits per heavy atom. The molecule has 0 spiro atoms. The van der Waals surface area contributed by atoms with Crippen LogP contribution in [-0.2, 0) is 0 Å². The first-order valence-corrected chi connectivity index (χ1v) is 7.31. The summed E-state index contributed by atoms with van der Waals surface area (Å²) in [7, 11) is 0. The minimum Gasteiger partial charge on any atom is -0.477 e. The third-order valence-corrected chi connectivity index (χ3v) is 4.93. The summed E-state index contributed by atoms with van der Waals surface area (Å²) in [5.74, 6) is -1.38. The first-order chi connectivity index (χ1) is 9.06. The summed E-state index contributed by atoms with van der Waals surface area (Å²) in [6.07, 6.45) is 6.83. The number of rotatable bonds is 5. The second kappa shape index (κ2) is 5.61. The molecule has 1 aliphatic carbocycles. The highest BCUT2D eigenvalue weighted by Crippen LogP contribution is 2.42. The number of carboxylic acids is 1. The lowest BCUT2D eigenvalue weighted by Gasteiger charge is -2.40. The third-order valence-electron chi connectivity index (χ3n) is 3.51. The molecule has 0 aromatic carbocycles. The van der Waals surface area contributed by atoms with Crippen LogP contribution in [0.1, 0.15) is 40.1 Å². The SMILES string of the molecule is CSC1(CNC(=O)c2ccnc(C(=O)O)c2)CCC1. The van der Waals surface area contributed by atoms with Crippen LogP contribution in [0.3, 0.4) is 0 Å². The maximum atomic E-state index is 12.0. The molecule has 1 amide bonds. The van der Waals surface area contributed by atoms with Gasteiger partial charge in [0, 0.05) is 23.1 Å². The van der Waals surface area contributed by atoms with E-state index in [1.165, 1.54) is 24.8 Å². The van der Waals surface area contributed by atoms with Gasteiger partial charge in [-0.2, -0.15) is 11.8 Å². The largest absolute Gasteiger partial charge is 0.477 e. The smallest absolute Gasteiger partial charge is 0.354 e. The number of nitrogens with one attached hydrogen (secondary N) is 1. The van der Waals surface area contributed by atoms with Crippen molar-refractivity contribution in [1.29, 1.82) is 0 Å². The van der Waals surface area contributed by atoms with Crippen molar-refractivity contribution < 1.29 is 14.7 Å². The van der Waals surface area contributed by atoms with Crippen LogP contribution in [0, 0.1) is 0 Å². The molecule has 1 aliphatic rings. The minimum atomic E-state index is -1.13. The highest BCUT2D eigenvalue weighted by atomic mass is 32.2. The molecule has 1 aromatic rings. The standard InChI is InChI=1S/C13H16N2O3S/c1-19-13(4-2-5-13)8-15-11(16)9-3-6-14-10(7-9)12(17)18/h3,6-7H,2,4-5,8H2,1H3,(H,15,16)(H,17,18). The van der Waals surface area contributed by atoms with Gasteiger partial charge in [-0.15, -0.1) is 0 Å². The summed E-state index contributed by atoms with van der Waals surface area (Å²) in [6, 6.07) is 2.82. The summed E-state index contributed by atoms with van der Waals surface area (Å²) < 4.78 is 0.165. The number of hydrogen-bond donors (Lipinski definition) is 2. The molecule has 0 saturated heterocycles. The van der Waals surface area contributed by atoms with Crippen molar-refractivity contribution >= 4 is 23.6 Å². The van der Waals surface area contributed by atoms with Gasteiger partial charge >= 0.3 is 5.97 Å². The molecule has 1 saturated carbocycles.